The van der Waals surface area contributed by atoms with Crippen molar-refractivity contribution in [3.63, 3.8) is 0 Å². The molecule has 2 N–H and O–H groups in total. The summed E-state index contributed by atoms with van der Waals surface area (Å²) in [4.78, 5) is 15.4. The van der Waals surface area contributed by atoms with Crippen molar-refractivity contribution in [1.82, 2.24) is 9.80 Å². The lowest BCUT2D eigenvalue weighted by molar-refractivity contribution is 0.0827. The molecule has 0 aromatic heterocycles. The van der Waals surface area contributed by atoms with Gasteiger partial charge >= 0.3 is 0 Å². The highest BCUT2D eigenvalue weighted by atomic mass is 16.2. The Hall–Kier alpha value is -2.04. The van der Waals surface area contributed by atoms with Crippen molar-refractivity contribution in [1.29, 1.82) is 5.41 Å². The van der Waals surface area contributed by atoms with E-state index < -0.39 is 0 Å². The first-order chi connectivity index (χ1) is 9.08. The van der Waals surface area contributed by atoms with Crippen LogP contribution in [0.1, 0.15) is 23.2 Å². The Labute approximate surface area is 113 Å². The molecule has 1 aromatic rings. The molecule has 19 heavy (non-hydrogen) atoms. The quantitative estimate of drug-likeness (QED) is 0.630. The van der Waals surface area contributed by atoms with Crippen LogP contribution in [0.4, 0.5) is 5.69 Å². The van der Waals surface area contributed by atoms with E-state index in [1.807, 2.05) is 17.0 Å². The molecule has 0 bridgehead atoms. The Kier molecular flexibility index (Phi) is 4.04. The van der Waals surface area contributed by atoms with Crippen molar-refractivity contribution < 1.29 is 4.79 Å². The second-order valence-corrected chi connectivity index (χ2v) is 4.95. The van der Waals surface area contributed by atoms with Gasteiger partial charge in [0.1, 0.15) is 0 Å². The summed E-state index contributed by atoms with van der Waals surface area (Å²) >= 11 is 0. The SMILES string of the molecule is CN(C)C(=O)c1cccc(NC(=N)N2CCCC2)c1. The molecule has 1 amide bonds. The molecule has 1 saturated heterocycles. The number of nitrogens with one attached hydrogen (secondary N) is 2. The molecule has 2 rings (SSSR count). The van der Waals surface area contributed by atoms with E-state index >= 15 is 0 Å². The number of amides is 1. The molecule has 0 aliphatic carbocycles. The van der Waals surface area contributed by atoms with Crippen LogP contribution in [0.5, 0.6) is 0 Å². The van der Waals surface area contributed by atoms with E-state index in [0.29, 0.717) is 11.5 Å². The lowest BCUT2D eigenvalue weighted by Crippen LogP contribution is -2.33. The topological polar surface area (TPSA) is 59.4 Å². The van der Waals surface area contributed by atoms with Gasteiger partial charge in [0, 0.05) is 38.4 Å². The van der Waals surface area contributed by atoms with Crippen molar-refractivity contribution >= 4 is 17.6 Å². The normalized spacial score (nSPS) is 14.3. The Morgan fingerprint density at radius 2 is 2.00 bits per heavy atom. The molecule has 5 heteroatoms. The summed E-state index contributed by atoms with van der Waals surface area (Å²) < 4.78 is 0. The van der Waals surface area contributed by atoms with Crippen LogP contribution in [0.3, 0.4) is 0 Å². The summed E-state index contributed by atoms with van der Waals surface area (Å²) in [7, 11) is 3.46. The van der Waals surface area contributed by atoms with Crippen LogP contribution < -0.4 is 5.32 Å². The molecule has 1 aromatic carbocycles. The smallest absolute Gasteiger partial charge is 0.253 e. The van der Waals surface area contributed by atoms with Crippen molar-refractivity contribution in [2.24, 2.45) is 0 Å². The molecular weight excluding hydrogens is 240 g/mol. The molecule has 1 aliphatic heterocycles. The maximum Gasteiger partial charge on any atom is 0.253 e. The van der Waals surface area contributed by atoms with Crippen molar-refractivity contribution in [3.8, 4) is 0 Å². The first-order valence-electron chi connectivity index (χ1n) is 6.50. The summed E-state index contributed by atoms with van der Waals surface area (Å²) in [5, 5.41) is 11.1. The van der Waals surface area contributed by atoms with Crippen LogP contribution >= 0.6 is 0 Å². The van der Waals surface area contributed by atoms with E-state index in [4.69, 9.17) is 5.41 Å². The van der Waals surface area contributed by atoms with E-state index in [2.05, 4.69) is 5.32 Å². The number of likely N-dealkylation sites (tertiary alicyclic amines) is 1. The first kappa shape index (κ1) is 13.4. The van der Waals surface area contributed by atoms with Crippen LogP contribution in [-0.2, 0) is 0 Å². The van der Waals surface area contributed by atoms with Gasteiger partial charge in [-0.15, -0.1) is 0 Å². The average Bonchev–Trinajstić information content (AvgIpc) is 2.92. The molecule has 0 saturated carbocycles. The maximum atomic E-state index is 11.9. The van der Waals surface area contributed by atoms with E-state index in [1.54, 1.807) is 31.1 Å². The van der Waals surface area contributed by atoms with Crippen molar-refractivity contribution in [3.05, 3.63) is 29.8 Å². The number of guanidine groups is 1. The molecule has 0 spiro atoms. The molecular formula is C14H20N4O. The molecule has 102 valence electrons. The second kappa shape index (κ2) is 5.73. The van der Waals surface area contributed by atoms with Crippen LogP contribution in [0.2, 0.25) is 0 Å². The highest BCUT2D eigenvalue weighted by Gasteiger charge is 2.15. The average molecular weight is 260 g/mol. The zero-order valence-electron chi connectivity index (χ0n) is 11.4. The molecule has 0 radical (unpaired) electrons. The fourth-order valence-corrected chi connectivity index (χ4v) is 2.14. The van der Waals surface area contributed by atoms with Gasteiger partial charge in [-0.05, 0) is 31.0 Å². The van der Waals surface area contributed by atoms with Gasteiger partial charge in [0.2, 0.25) is 0 Å². The highest BCUT2D eigenvalue weighted by molar-refractivity contribution is 5.97. The minimum Gasteiger partial charge on any atom is -0.345 e. The summed E-state index contributed by atoms with van der Waals surface area (Å²) in [6, 6.07) is 7.27. The summed E-state index contributed by atoms with van der Waals surface area (Å²) in [6.45, 7) is 1.87. The predicted molar refractivity (Wildman–Crippen MR) is 76.6 cm³/mol. The van der Waals surface area contributed by atoms with E-state index in [-0.39, 0.29) is 5.91 Å². The summed E-state index contributed by atoms with van der Waals surface area (Å²) in [5.41, 5.74) is 1.41. The first-order valence-corrected chi connectivity index (χ1v) is 6.50. The summed E-state index contributed by atoms with van der Waals surface area (Å²) in [5.74, 6) is 0.378. The monoisotopic (exact) mass is 260 g/mol. The van der Waals surface area contributed by atoms with E-state index in [9.17, 15) is 4.79 Å². The van der Waals surface area contributed by atoms with Gasteiger partial charge in [-0.2, -0.15) is 0 Å². The fourth-order valence-electron chi connectivity index (χ4n) is 2.14. The van der Waals surface area contributed by atoms with Crippen LogP contribution in [0.15, 0.2) is 24.3 Å². The fraction of sp³-hybridized carbons (Fsp3) is 0.429. The molecule has 1 fully saturated rings. The molecule has 5 nitrogen and oxygen atoms in total. The number of hydrogen-bond donors (Lipinski definition) is 2. The van der Waals surface area contributed by atoms with E-state index in [1.165, 1.54) is 0 Å². The lowest BCUT2D eigenvalue weighted by Gasteiger charge is -2.20. The van der Waals surface area contributed by atoms with Gasteiger partial charge in [-0.1, -0.05) is 6.07 Å². The van der Waals surface area contributed by atoms with Gasteiger partial charge < -0.3 is 15.1 Å². The number of carbonyl (C=O) groups excluding carboxylic acids is 1. The van der Waals surface area contributed by atoms with Crippen LogP contribution in [0, 0.1) is 5.41 Å². The van der Waals surface area contributed by atoms with Crippen molar-refractivity contribution in [2.45, 2.75) is 12.8 Å². The molecule has 0 unspecified atom stereocenters. The second-order valence-electron chi connectivity index (χ2n) is 4.95. The molecule has 0 atom stereocenters. The van der Waals surface area contributed by atoms with E-state index in [0.717, 1.165) is 31.6 Å². The van der Waals surface area contributed by atoms with Gasteiger partial charge in [0.05, 0.1) is 0 Å². The van der Waals surface area contributed by atoms with Gasteiger partial charge in [-0.3, -0.25) is 10.2 Å². The highest BCUT2D eigenvalue weighted by Crippen LogP contribution is 2.14. The Balaban J connectivity index is 2.06. The third-order valence-electron chi connectivity index (χ3n) is 3.20. The summed E-state index contributed by atoms with van der Waals surface area (Å²) in [6.07, 6.45) is 2.28. The number of rotatable bonds is 2. The van der Waals surface area contributed by atoms with Crippen LogP contribution in [-0.4, -0.2) is 48.9 Å². The zero-order valence-corrected chi connectivity index (χ0v) is 11.4. The number of benzene rings is 1. The number of nitrogens with zero attached hydrogens (tertiary/aromatic N) is 2. The van der Waals surface area contributed by atoms with Crippen molar-refractivity contribution in [2.75, 3.05) is 32.5 Å². The van der Waals surface area contributed by atoms with Gasteiger partial charge in [0.25, 0.3) is 5.91 Å². The molecule has 1 aliphatic rings. The zero-order chi connectivity index (χ0) is 13.8. The van der Waals surface area contributed by atoms with Crippen LogP contribution in [0.25, 0.3) is 0 Å². The number of carbonyl (C=O) groups is 1. The standard InChI is InChI=1S/C14H20N4O/c1-17(2)13(19)11-6-5-7-12(10-11)16-14(15)18-8-3-4-9-18/h5-7,10H,3-4,8-9H2,1-2H3,(H2,15,16). The van der Waals surface area contributed by atoms with Gasteiger partial charge in [-0.25, -0.2) is 0 Å². The Morgan fingerprint density at radius 1 is 1.32 bits per heavy atom. The number of hydrogen-bond acceptors (Lipinski definition) is 2. The third kappa shape index (κ3) is 3.24. The van der Waals surface area contributed by atoms with Gasteiger partial charge in [0.15, 0.2) is 5.96 Å². The Morgan fingerprint density at radius 3 is 2.63 bits per heavy atom. The minimum absolute atomic E-state index is 0.0312. The Bertz CT molecular complexity index is 478. The minimum atomic E-state index is -0.0312. The largest absolute Gasteiger partial charge is 0.345 e. The molecule has 1 heterocycles. The lowest BCUT2D eigenvalue weighted by atomic mass is 10.2. The number of anilines is 1. The maximum absolute atomic E-state index is 11.9. The predicted octanol–water partition coefficient (Wildman–Crippen LogP) is 1.83. The third-order valence-corrected chi connectivity index (χ3v) is 3.20.